The minimum atomic E-state index is 0.369. The number of hydrogen-bond donors (Lipinski definition) is 1. The minimum Gasteiger partial charge on any atom is -0.464 e. The number of nitrogen functional groups attached to an aromatic ring is 1. The third-order valence-electron chi connectivity index (χ3n) is 1.49. The van der Waals surface area contributed by atoms with Gasteiger partial charge in [-0.25, -0.2) is 0 Å². The fourth-order valence-electron chi connectivity index (χ4n) is 0.987. The summed E-state index contributed by atoms with van der Waals surface area (Å²) in [7, 11) is 0. The Kier molecular flexibility index (Phi) is 1.69. The Morgan fingerprint density at radius 1 is 1.42 bits per heavy atom. The van der Waals surface area contributed by atoms with Crippen LogP contribution in [-0.4, -0.2) is 0 Å². The summed E-state index contributed by atoms with van der Waals surface area (Å²) in [6.07, 6.45) is 1.60. The normalized spacial score (nSPS) is 10.4. The summed E-state index contributed by atoms with van der Waals surface area (Å²) < 4.78 is 10.8. The molecular formula is C8H6BrNO2. The van der Waals surface area contributed by atoms with Crippen molar-refractivity contribution in [2.24, 2.45) is 0 Å². The van der Waals surface area contributed by atoms with Crippen molar-refractivity contribution in [3.63, 3.8) is 0 Å². The van der Waals surface area contributed by atoms with Crippen LogP contribution in [0, 0.1) is 0 Å². The summed E-state index contributed by atoms with van der Waals surface area (Å²) in [5.41, 5.74) is 6.28. The van der Waals surface area contributed by atoms with Gasteiger partial charge in [0.05, 0.1) is 11.8 Å². The van der Waals surface area contributed by atoms with Crippen molar-refractivity contribution in [2.75, 3.05) is 5.73 Å². The van der Waals surface area contributed by atoms with Crippen LogP contribution in [0.4, 0.5) is 5.88 Å². The lowest BCUT2D eigenvalue weighted by Gasteiger charge is -1.88. The van der Waals surface area contributed by atoms with Gasteiger partial charge in [-0.1, -0.05) is 0 Å². The molecule has 2 aromatic heterocycles. The Morgan fingerprint density at radius 3 is 2.75 bits per heavy atom. The molecule has 12 heavy (non-hydrogen) atoms. The molecule has 0 spiro atoms. The molecule has 0 aliphatic heterocycles. The monoisotopic (exact) mass is 227 g/mol. The Hall–Kier alpha value is -1.16. The van der Waals surface area contributed by atoms with Crippen molar-refractivity contribution >= 4 is 21.8 Å². The van der Waals surface area contributed by atoms with Gasteiger partial charge < -0.3 is 14.6 Å². The second-order valence-corrected chi connectivity index (χ2v) is 3.03. The lowest BCUT2D eigenvalue weighted by molar-refractivity contribution is 0.553. The second-order valence-electron chi connectivity index (χ2n) is 2.31. The van der Waals surface area contributed by atoms with E-state index in [0.717, 1.165) is 11.3 Å². The van der Waals surface area contributed by atoms with Gasteiger partial charge in [0.2, 0.25) is 0 Å². The Morgan fingerprint density at radius 2 is 2.25 bits per heavy atom. The van der Waals surface area contributed by atoms with Crippen LogP contribution < -0.4 is 5.73 Å². The predicted octanol–water partition coefficient (Wildman–Crippen LogP) is 2.88. The number of rotatable bonds is 1. The summed E-state index contributed by atoms with van der Waals surface area (Å²) >= 11 is 3.23. The van der Waals surface area contributed by atoms with Gasteiger partial charge in [0, 0.05) is 6.07 Å². The molecule has 0 aromatic carbocycles. The van der Waals surface area contributed by atoms with Gasteiger partial charge in [-0.15, -0.1) is 0 Å². The first-order chi connectivity index (χ1) is 5.77. The van der Waals surface area contributed by atoms with E-state index in [1.165, 1.54) is 0 Å². The molecule has 0 fully saturated rings. The first kappa shape index (κ1) is 7.49. The topological polar surface area (TPSA) is 52.3 Å². The fourth-order valence-corrected chi connectivity index (χ4v) is 1.48. The maximum absolute atomic E-state index is 5.45. The van der Waals surface area contributed by atoms with Crippen molar-refractivity contribution in [3.05, 3.63) is 29.1 Å². The number of nitrogens with two attached hydrogens (primary N) is 1. The Balaban J connectivity index is 2.54. The summed E-state index contributed by atoms with van der Waals surface area (Å²) in [5.74, 6) is 1.11. The Labute approximate surface area is 77.3 Å². The fraction of sp³-hybridized carbons (Fsp3) is 0. The summed E-state index contributed by atoms with van der Waals surface area (Å²) in [5, 5.41) is 0. The highest BCUT2D eigenvalue weighted by Crippen LogP contribution is 2.32. The van der Waals surface area contributed by atoms with E-state index in [4.69, 9.17) is 14.6 Å². The summed E-state index contributed by atoms with van der Waals surface area (Å²) in [6, 6.07) is 5.36. The van der Waals surface area contributed by atoms with Gasteiger partial charge in [-0.2, -0.15) is 0 Å². The molecule has 0 atom stereocenters. The summed E-state index contributed by atoms with van der Waals surface area (Å²) in [6.45, 7) is 0. The lowest BCUT2D eigenvalue weighted by Crippen LogP contribution is -1.75. The molecule has 0 radical (unpaired) electrons. The largest absolute Gasteiger partial charge is 0.464 e. The number of hydrogen-bond acceptors (Lipinski definition) is 3. The smallest absolute Gasteiger partial charge is 0.192 e. The maximum atomic E-state index is 5.45. The second kappa shape index (κ2) is 2.71. The highest BCUT2D eigenvalue weighted by atomic mass is 79.9. The zero-order valence-corrected chi connectivity index (χ0v) is 7.67. The van der Waals surface area contributed by atoms with E-state index < -0.39 is 0 Å². The number of anilines is 1. The van der Waals surface area contributed by atoms with E-state index in [9.17, 15) is 0 Å². The number of halogens is 1. The quantitative estimate of drug-likeness (QED) is 0.816. The van der Waals surface area contributed by atoms with E-state index >= 15 is 0 Å². The highest BCUT2D eigenvalue weighted by Gasteiger charge is 2.10. The zero-order valence-electron chi connectivity index (χ0n) is 6.08. The molecule has 2 N–H and O–H groups in total. The van der Waals surface area contributed by atoms with Crippen LogP contribution in [0.1, 0.15) is 0 Å². The standard InChI is InChI=1S/C8H6BrNO2/c9-8-5(4-7(10)12-8)6-2-1-3-11-6/h1-4H,10H2. The molecular weight excluding hydrogens is 222 g/mol. The molecule has 4 heteroatoms. The molecule has 0 saturated carbocycles. The molecule has 2 heterocycles. The number of furan rings is 2. The molecule has 0 aliphatic carbocycles. The first-order valence-corrected chi connectivity index (χ1v) is 4.15. The van der Waals surface area contributed by atoms with E-state index in [-0.39, 0.29) is 0 Å². The van der Waals surface area contributed by atoms with Crippen LogP contribution in [-0.2, 0) is 0 Å². The highest BCUT2D eigenvalue weighted by molar-refractivity contribution is 9.10. The SMILES string of the molecule is Nc1cc(-c2ccco2)c(Br)o1. The third-order valence-corrected chi connectivity index (χ3v) is 2.08. The van der Waals surface area contributed by atoms with Gasteiger partial charge in [0.1, 0.15) is 5.76 Å². The van der Waals surface area contributed by atoms with Crippen LogP contribution in [0.15, 0.2) is 38.0 Å². The minimum absolute atomic E-state index is 0.369. The van der Waals surface area contributed by atoms with Crippen molar-refractivity contribution < 1.29 is 8.83 Å². The molecule has 0 unspecified atom stereocenters. The maximum Gasteiger partial charge on any atom is 0.192 e. The van der Waals surface area contributed by atoms with Gasteiger partial charge in [0.25, 0.3) is 0 Å². The van der Waals surface area contributed by atoms with Crippen molar-refractivity contribution in [3.8, 4) is 11.3 Å². The van der Waals surface area contributed by atoms with Gasteiger partial charge in [-0.3, -0.25) is 0 Å². The molecule has 0 aliphatic rings. The molecule has 2 rings (SSSR count). The first-order valence-electron chi connectivity index (χ1n) is 3.36. The van der Waals surface area contributed by atoms with Crippen LogP contribution in [0.5, 0.6) is 0 Å². The van der Waals surface area contributed by atoms with Crippen LogP contribution >= 0.6 is 15.9 Å². The van der Waals surface area contributed by atoms with E-state index in [0.29, 0.717) is 10.6 Å². The molecule has 0 saturated heterocycles. The molecule has 0 amide bonds. The van der Waals surface area contributed by atoms with Crippen molar-refractivity contribution in [1.29, 1.82) is 0 Å². The molecule has 62 valence electrons. The van der Waals surface area contributed by atoms with Crippen molar-refractivity contribution in [2.45, 2.75) is 0 Å². The van der Waals surface area contributed by atoms with Crippen LogP contribution in [0.3, 0.4) is 0 Å². The third kappa shape index (κ3) is 1.14. The van der Waals surface area contributed by atoms with Crippen molar-refractivity contribution in [1.82, 2.24) is 0 Å². The predicted molar refractivity (Wildman–Crippen MR) is 48.5 cm³/mol. The average Bonchev–Trinajstić information content (AvgIpc) is 2.58. The van der Waals surface area contributed by atoms with Crippen LogP contribution in [0.2, 0.25) is 0 Å². The van der Waals surface area contributed by atoms with Crippen LogP contribution in [0.25, 0.3) is 11.3 Å². The van der Waals surface area contributed by atoms with E-state index in [2.05, 4.69) is 15.9 Å². The van der Waals surface area contributed by atoms with Gasteiger partial charge >= 0.3 is 0 Å². The summed E-state index contributed by atoms with van der Waals surface area (Å²) in [4.78, 5) is 0. The zero-order chi connectivity index (χ0) is 8.55. The molecule has 3 nitrogen and oxygen atoms in total. The molecule has 2 aromatic rings. The van der Waals surface area contributed by atoms with E-state index in [1.54, 1.807) is 12.3 Å². The van der Waals surface area contributed by atoms with E-state index in [1.807, 2.05) is 12.1 Å². The Bertz CT molecular complexity index is 378. The average molecular weight is 228 g/mol. The van der Waals surface area contributed by atoms with Gasteiger partial charge in [-0.05, 0) is 28.1 Å². The van der Waals surface area contributed by atoms with Gasteiger partial charge in [0.15, 0.2) is 10.6 Å². The lowest BCUT2D eigenvalue weighted by atomic mass is 10.3. The molecule has 0 bridgehead atoms.